The van der Waals surface area contributed by atoms with Gasteiger partial charge in [-0.25, -0.2) is 0 Å². The van der Waals surface area contributed by atoms with Crippen molar-refractivity contribution in [2.75, 3.05) is 46.2 Å². The number of hydrogen-bond acceptors (Lipinski definition) is 6. The fourth-order valence-corrected chi connectivity index (χ4v) is 2.10. The molecule has 20 heavy (non-hydrogen) atoms. The molecule has 0 bridgehead atoms. The lowest BCUT2D eigenvalue weighted by Crippen LogP contribution is -2.12. The van der Waals surface area contributed by atoms with Crippen molar-refractivity contribution in [3.8, 4) is 5.19 Å². The first kappa shape index (κ1) is 17.7. The van der Waals surface area contributed by atoms with Crippen molar-refractivity contribution < 1.29 is 18.9 Å². The summed E-state index contributed by atoms with van der Waals surface area (Å²) in [5.41, 5.74) is 0. The first-order valence-corrected chi connectivity index (χ1v) is 8.05. The van der Waals surface area contributed by atoms with E-state index in [9.17, 15) is 0 Å². The molecule has 0 atom stereocenters. The average molecular weight is 324 g/mol. The van der Waals surface area contributed by atoms with Crippen molar-refractivity contribution in [1.29, 1.82) is 0 Å². The molecule has 0 fully saturated rings. The number of ether oxygens (including phenoxy) is 4. The third-order valence-corrected chi connectivity index (χ3v) is 3.37. The molecule has 1 aromatic heterocycles. The van der Waals surface area contributed by atoms with Gasteiger partial charge in [-0.1, -0.05) is 36.3 Å². The van der Waals surface area contributed by atoms with Gasteiger partial charge < -0.3 is 18.9 Å². The van der Waals surface area contributed by atoms with Crippen molar-refractivity contribution in [2.24, 2.45) is 0 Å². The molecule has 0 aliphatic heterocycles. The molecule has 7 heteroatoms. The van der Waals surface area contributed by atoms with Gasteiger partial charge in [-0.3, -0.25) is 0 Å². The van der Waals surface area contributed by atoms with Gasteiger partial charge in [-0.15, -0.1) is 0 Å². The quantitative estimate of drug-likeness (QED) is 0.522. The Morgan fingerprint density at radius 1 is 1.00 bits per heavy atom. The average Bonchev–Trinajstić information content (AvgIpc) is 2.86. The van der Waals surface area contributed by atoms with E-state index in [0.29, 0.717) is 50.0 Å². The van der Waals surface area contributed by atoms with Crippen molar-refractivity contribution in [3.05, 3.63) is 10.5 Å². The molecule has 0 saturated heterocycles. The van der Waals surface area contributed by atoms with Crippen molar-refractivity contribution in [1.82, 2.24) is 4.98 Å². The minimum atomic E-state index is 0.459. The van der Waals surface area contributed by atoms with E-state index in [2.05, 4.69) is 11.9 Å². The smallest absolute Gasteiger partial charge is 0.274 e. The van der Waals surface area contributed by atoms with Crippen LogP contribution in [0.15, 0.2) is 5.38 Å². The Bertz CT molecular complexity index is 338. The van der Waals surface area contributed by atoms with Gasteiger partial charge in [-0.2, -0.15) is 4.98 Å². The summed E-state index contributed by atoms with van der Waals surface area (Å²) in [6.45, 7) is 6.31. The normalized spacial score (nSPS) is 10.9. The summed E-state index contributed by atoms with van der Waals surface area (Å²) in [4.78, 5) is 3.97. The third-order valence-electron chi connectivity index (χ3n) is 2.29. The number of thiazole rings is 1. The van der Waals surface area contributed by atoms with Crippen LogP contribution in [0.25, 0.3) is 0 Å². The fraction of sp³-hybridized carbons (Fsp3) is 0.769. The number of rotatable bonds is 13. The Morgan fingerprint density at radius 3 is 2.15 bits per heavy atom. The molecule has 1 heterocycles. The van der Waals surface area contributed by atoms with Crippen LogP contribution in [0.4, 0.5) is 0 Å². The summed E-state index contributed by atoms with van der Waals surface area (Å²) >= 11 is 7.05. The molecule has 0 unspecified atom stereocenters. The van der Waals surface area contributed by atoms with Gasteiger partial charge in [0.2, 0.25) is 0 Å². The molecule has 1 rings (SSSR count). The highest BCUT2D eigenvalue weighted by atomic mass is 35.5. The Hall–Kier alpha value is -0.400. The predicted molar refractivity (Wildman–Crippen MR) is 80.0 cm³/mol. The van der Waals surface area contributed by atoms with Crippen LogP contribution in [-0.4, -0.2) is 51.2 Å². The van der Waals surface area contributed by atoms with Gasteiger partial charge >= 0.3 is 0 Å². The Morgan fingerprint density at radius 2 is 1.60 bits per heavy atom. The molecule has 1 aromatic rings. The minimum Gasteiger partial charge on any atom is -0.468 e. The molecule has 0 spiro atoms. The van der Waals surface area contributed by atoms with E-state index in [1.807, 2.05) is 0 Å². The van der Waals surface area contributed by atoms with Gasteiger partial charge in [0, 0.05) is 12.0 Å². The Kier molecular flexibility index (Phi) is 10.9. The van der Waals surface area contributed by atoms with Crippen LogP contribution < -0.4 is 4.74 Å². The van der Waals surface area contributed by atoms with Crippen LogP contribution in [-0.2, 0) is 14.2 Å². The molecule has 0 aliphatic carbocycles. The SMILES string of the molecule is CCCCOCCOCCOCCOc1nc(Cl)cs1. The highest BCUT2D eigenvalue weighted by Gasteiger charge is 1.99. The molecule has 5 nitrogen and oxygen atoms in total. The fourth-order valence-electron chi connectivity index (χ4n) is 1.28. The zero-order valence-electron chi connectivity index (χ0n) is 11.8. The topological polar surface area (TPSA) is 49.8 Å². The second kappa shape index (κ2) is 12.3. The Balaban J connectivity index is 1.76. The van der Waals surface area contributed by atoms with Crippen molar-refractivity contribution >= 4 is 22.9 Å². The molecular weight excluding hydrogens is 302 g/mol. The first-order chi connectivity index (χ1) is 9.83. The highest BCUT2D eigenvalue weighted by Crippen LogP contribution is 2.20. The molecule has 0 aromatic carbocycles. The summed E-state index contributed by atoms with van der Waals surface area (Å²) in [6, 6.07) is 0. The zero-order valence-corrected chi connectivity index (χ0v) is 13.4. The lowest BCUT2D eigenvalue weighted by molar-refractivity contribution is 0.00894. The van der Waals surface area contributed by atoms with Crippen LogP contribution in [0.2, 0.25) is 5.15 Å². The third kappa shape index (κ3) is 9.50. The summed E-state index contributed by atoms with van der Waals surface area (Å²) in [7, 11) is 0. The number of unbranched alkanes of at least 4 members (excludes halogenated alkanes) is 1. The zero-order chi connectivity index (χ0) is 14.5. The van der Waals surface area contributed by atoms with E-state index in [4.69, 9.17) is 30.5 Å². The number of hydrogen-bond donors (Lipinski definition) is 0. The van der Waals surface area contributed by atoms with E-state index in [1.165, 1.54) is 11.3 Å². The number of halogens is 1. The largest absolute Gasteiger partial charge is 0.468 e. The maximum Gasteiger partial charge on any atom is 0.274 e. The second-order valence-electron chi connectivity index (χ2n) is 3.98. The monoisotopic (exact) mass is 323 g/mol. The molecule has 0 aliphatic rings. The molecule has 116 valence electrons. The van der Waals surface area contributed by atoms with Gasteiger partial charge in [-0.05, 0) is 6.42 Å². The van der Waals surface area contributed by atoms with Crippen LogP contribution in [0.1, 0.15) is 19.8 Å². The van der Waals surface area contributed by atoms with E-state index in [0.717, 1.165) is 19.4 Å². The van der Waals surface area contributed by atoms with Gasteiger partial charge in [0.25, 0.3) is 5.19 Å². The van der Waals surface area contributed by atoms with Gasteiger partial charge in [0.1, 0.15) is 11.8 Å². The first-order valence-electron chi connectivity index (χ1n) is 6.80. The highest BCUT2D eigenvalue weighted by molar-refractivity contribution is 7.11. The maximum atomic E-state index is 5.67. The lowest BCUT2D eigenvalue weighted by Gasteiger charge is -2.06. The molecule has 0 radical (unpaired) electrons. The standard InChI is InChI=1S/C13H22ClNO4S/c1-2-3-4-16-5-6-17-7-8-18-9-10-19-13-15-12(14)11-20-13/h11H,2-10H2,1H3. The summed E-state index contributed by atoms with van der Waals surface area (Å²) < 4.78 is 21.4. The Labute approximate surface area is 129 Å². The second-order valence-corrected chi connectivity index (χ2v) is 5.18. The van der Waals surface area contributed by atoms with E-state index < -0.39 is 0 Å². The number of nitrogens with zero attached hydrogens (tertiary/aromatic N) is 1. The maximum absolute atomic E-state index is 5.67. The van der Waals surface area contributed by atoms with Crippen molar-refractivity contribution in [3.63, 3.8) is 0 Å². The lowest BCUT2D eigenvalue weighted by atomic mass is 10.4. The van der Waals surface area contributed by atoms with E-state index in [1.54, 1.807) is 5.38 Å². The summed E-state index contributed by atoms with van der Waals surface area (Å²) in [5.74, 6) is 0. The van der Waals surface area contributed by atoms with Gasteiger partial charge in [0.05, 0.1) is 33.0 Å². The van der Waals surface area contributed by atoms with Gasteiger partial charge in [0.15, 0.2) is 0 Å². The molecule has 0 N–H and O–H groups in total. The van der Waals surface area contributed by atoms with Crippen LogP contribution >= 0.6 is 22.9 Å². The summed E-state index contributed by atoms with van der Waals surface area (Å²) in [5, 5.41) is 2.76. The molecule has 0 amide bonds. The van der Waals surface area contributed by atoms with Crippen molar-refractivity contribution in [2.45, 2.75) is 19.8 Å². The van der Waals surface area contributed by atoms with Crippen LogP contribution in [0, 0.1) is 0 Å². The number of aromatic nitrogens is 1. The van der Waals surface area contributed by atoms with E-state index in [-0.39, 0.29) is 0 Å². The molecular formula is C13H22ClNO4S. The predicted octanol–water partition coefficient (Wildman–Crippen LogP) is 3.03. The van der Waals surface area contributed by atoms with Crippen LogP contribution in [0.5, 0.6) is 5.19 Å². The molecule has 0 saturated carbocycles. The van der Waals surface area contributed by atoms with E-state index >= 15 is 0 Å². The minimum absolute atomic E-state index is 0.459. The van der Waals surface area contributed by atoms with Crippen LogP contribution in [0.3, 0.4) is 0 Å². The summed E-state index contributed by atoms with van der Waals surface area (Å²) in [6.07, 6.45) is 2.26.